The number of anilines is 1. The van der Waals surface area contributed by atoms with Crippen molar-refractivity contribution >= 4 is 50.7 Å². The lowest BCUT2D eigenvalue weighted by Gasteiger charge is -2.32. The number of benzene rings is 3. The molecule has 11 heteroatoms. The Morgan fingerprint density at radius 2 is 1.44 bits per heavy atom. The number of ether oxygens (including phenoxy) is 1. The van der Waals surface area contributed by atoms with E-state index in [1.165, 1.54) is 29.2 Å². The van der Waals surface area contributed by atoms with Gasteiger partial charge in [0.2, 0.25) is 11.8 Å². The molecule has 0 spiro atoms. The quantitative estimate of drug-likeness (QED) is 0.256. The summed E-state index contributed by atoms with van der Waals surface area (Å²) in [6.07, 6.45) is 0.717. The van der Waals surface area contributed by atoms with Crippen molar-refractivity contribution < 1.29 is 22.7 Å². The van der Waals surface area contributed by atoms with E-state index < -0.39 is 28.5 Å². The number of hydrogen-bond donors (Lipinski definition) is 1. The van der Waals surface area contributed by atoms with Crippen LogP contribution in [-0.2, 0) is 26.2 Å². The van der Waals surface area contributed by atoms with Crippen molar-refractivity contribution in [1.29, 1.82) is 0 Å². The molecule has 0 bridgehead atoms. The second-order valence-electron chi connectivity index (χ2n) is 9.53. The fraction of sp³-hybridized carbons (Fsp3) is 0.333. The van der Waals surface area contributed by atoms with Crippen LogP contribution in [0.1, 0.15) is 39.7 Å². The average Bonchev–Trinajstić information content (AvgIpc) is 2.95. The highest BCUT2D eigenvalue weighted by Crippen LogP contribution is 2.27. The summed E-state index contributed by atoms with van der Waals surface area (Å²) in [5, 5.41) is 3.82. The summed E-state index contributed by atoms with van der Waals surface area (Å²) in [5.74, 6) is -0.334. The molecule has 41 heavy (non-hydrogen) atoms. The summed E-state index contributed by atoms with van der Waals surface area (Å²) < 4.78 is 34.3. The van der Waals surface area contributed by atoms with Crippen LogP contribution in [-0.4, -0.2) is 50.4 Å². The zero-order valence-electron chi connectivity index (χ0n) is 23.5. The van der Waals surface area contributed by atoms with E-state index in [9.17, 15) is 18.0 Å². The van der Waals surface area contributed by atoms with E-state index in [4.69, 9.17) is 27.9 Å². The minimum absolute atomic E-state index is 0.0320. The number of hydrogen-bond acceptors (Lipinski definition) is 5. The molecule has 220 valence electrons. The van der Waals surface area contributed by atoms with Gasteiger partial charge in [0.25, 0.3) is 10.0 Å². The van der Waals surface area contributed by atoms with Gasteiger partial charge in [0.05, 0.1) is 17.2 Å². The Labute approximate surface area is 252 Å². The maximum absolute atomic E-state index is 14.0. The molecular weight excluding hydrogens is 585 g/mol. The molecule has 3 aromatic carbocycles. The van der Waals surface area contributed by atoms with Crippen molar-refractivity contribution in [3.8, 4) is 5.75 Å². The van der Waals surface area contributed by atoms with E-state index >= 15 is 0 Å². The fourth-order valence-corrected chi connectivity index (χ4v) is 5.64. The molecule has 3 aromatic rings. The number of amides is 2. The molecule has 0 aliphatic heterocycles. The van der Waals surface area contributed by atoms with Gasteiger partial charge in [-0.05, 0) is 93.4 Å². The molecule has 0 saturated carbocycles. The van der Waals surface area contributed by atoms with Gasteiger partial charge in [-0.1, -0.05) is 42.3 Å². The molecule has 0 aliphatic rings. The molecule has 2 atom stereocenters. The van der Waals surface area contributed by atoms with E-state index in [0.717, 1.165) is 9.87 Å². The zero-order chi connectivity index (χ0) is 30.2. The van der Waals surface area contributed by atoms with Crippen LogP contribution in [0.4, 0.5) is 5.69 Å². The van der Waals surface area contributed by atoms with Gasteiger partial charge in [-0.15, -0.1) is 0 Å². The summed E-state index contributed by atoms with van der Waals surface area (Å²) >= 11 is 12.0. The van der Waals surface area contributed by atoms with E-state index in [1.54, 1.807) is 55.5 Å². The first-order valence-corrected chi connectivity index (χ1v) is 15.5. The number of carbonyl (C=O) groups excluding carboxylic acids is 2. The third-order valence-electron chi connectivity index (χ3n) is 6.55. The second-order valence-corrected chi connectivity index (χ2v) is 12.3. The first-order valence-electron chi connectivity index (χ1n) is 13.3. The first-order chi connectivity index (χ1) is 19.5. The molecule has 0 saturated heterocycles. The SMILES string of the molecule is CCOc1ccc(N(CC(=O)N(Cc2ccc(Cl)cc2)C(C)C(=O)NC(C)CC)S(=O)(=O)c2ccc(Cl)cc2)cc1. The number of halogens is 2. The predicted octanol–water partition coefficient (Wildman–Crippen LogP) is 5.92. The summed E-state index contributed by atoms with van der Waals surface area (Å²) in [5.41, 5.74) is 0.999. The van der Waals surface area contributed by atoms with Gasteiger partial charge in [-0.3, -0.25) is 13.9 Å². The van der Waals surface area contributed by atoms with Crippen molar-refractivity contribution in [2.24, 2.45) is 0 Å². The van der Waals surface area contributed by atoms with E-state index in [-0.39, 0.29) is 29.1 Å². The zero-order valence-corrected chi connectivity index (χ0v) is 25.8. The standard InChI is InChI=1S/C30H35Cl2N3O5S/c1-5-21(3)33-30(37)22(4)34(19-23-7-9-24(31)10-8-23)29(36)20-35(26-13-15-27(16-14-26)40-6-2)41(38,39)28-17-11-25(32)12-18-28/h7-18,21-22H,5-6,19-20H2,1-4H3,(H,33,37). The second kappa shape index (κ2) is 14.6. The highest BCUT2D eigenvalue weighted by Gasteiger charge is 2.32. The minimum atomic E-state index is -4.20. The maximum atomic E-state index is 14.0. The smallest absolute Gasteiger partial charge is 0.264 e. The van der Waals surface area contributed by atoms with Crippen molar-refractivity contribution in [3.05, 3.63) is 88.4 Å². The normalized spacial score (nSPS) is 12.7. The molecule has 8 nitrogen and oxygen atoms in total. The van der Waals surface area contributed by atoms with Crippen LogP contribution in [0.2, 0.25) is 10.0 Å². The Balaban J connectivity index is 2.02. The van der Waals surface area contributed by atoms with Crippen LogP contribution >= 0.6 is 23.2 Å². The van der Waals surface area contributed by atoms with Crippen LogP contribution in [0, 0.1) is 0 Å². The molecule has 0 aliphatic carbocycles. The Bertz CT molecular complexity index is 1420. The topological polar surface area (TPSA) is 96.0 Å². The molecule has 0 fully saturated rings. The Hall–Kier alpha value is -3.27. The summed E-state index contributed by atoms with van der Waals surface area (Å²) in [4.78, 5) is 28.4. The number of nitrogens with one attached hydrogen (secondary N) is 1. The molecule has 0 radical (unpaired) electrons. The van der Waals surface area contributed by atoms with Crippen molar-refractivity contribution in [2.45, 2.75) is 57.6 Å². The Morgan fingerprint density at radius 1 is 0.878 bits per heavy atom. The van der Waals surface area contributed by atoms with Gasteiger partial charge >= 0.3 is 0 Å². The number of sulfonamides is 1. The number of nitrogens with zero attached hydrogens (tertiary/aromatic N) is 2. The molecule has 2 unspecified atom stereocenters. The third kappa shape index (κ3) is 8.61. The minimum Gasteiger partial charge on any atom is -0.494 e. The van der Waals surface area contributed by atoms with E-state index in [1.807, 2.05) is 20.8 Å². The van der Waals surface area contributed by atoms with Gasteiger partial charge in [-0.25, -0.2) is 8.42 Å². The van der Waals surface area contributed by atoms with Crippen molar-refractivity contribution in [3.63, 3.8) is 0 Å². The van der Waals surface area contributed by atoms with Gasteiger partial charge in [0.15, 0.2) is 0 Å². The molecule has 3 rings (SSSR count). The van der Waals surface area contributed by atoms with E-state index in [0.29, 0.717) is 28.8 Å². The lowest BCUT2D eigenvalue weighted by Crippen LogP contribution is -2.52. The van der Waals surface area contributed by atoms with Crippen LogP contribution in [0.25, 0.3) is 0 Å². The number of carbonyl (C=O) groups is 2. The summed E-state index contributed by atoms with van der Waals surface area (Å²) in [7, 11) is -4.20. The molecule has 2 amide bonds. The highest BCUT2D eigenvalue weighted by molar-refractivity contribution is 7.92. The number of rotatable bonds is 13. The lowest BCUT2D eigenvalue weighted by atomic mass is 10.1. The Kier molecular flexibility index (Phi) is 11.5. The van der Waals surface area contributed by atoms with Crippen LogP contribution in [0.5, 0.6) is 5.75 Å². The van der Waals surface area contributed by atoms with Crippen molar-refractivity contribution in [2.75, 3.05) is 17.5 Å². The van der Waals surface area contributed by atoms with Gasteiger partial charge in [0.1, 0.15) is 18.3 Å². The van der Waals surface area contributed by atoms with Gasteiger partial charge < -0.3 is 15.0 Å². The molecule has 0 heterocycles. The van der Waals surface area contributed by atoms with Crippen molar-refractivity contribution in [1.82, 2.24) is 10.2 Å². The fourth-order valence-electron chi connectivity index (χ4n) is 3.97. The predicted molar refractivity (Wildman–Crippen MR) is 163 cm³/mol. The third-order valence-corrected chi connectivity index (χ3v) is 8.84. The molecular formula is C30H35Cl2N3O5S. The molecule has 1 N–H and O–H groups in total. The first kappa shape index (κ1) is 32.2. The largest absolute Gasteiger partial charge is 0.494 e. The highest BCUT2D eigenvalue weighted by atomic mass is 35.5. The van der Waals surface area contributed by atoms with Crippen LogP contribution in [0.3, 0.4) is 0 Å². The van der Waals surface area contributed by atoms with Gasteiger partial charge in [0, 0.05) is 22.6 Å². The van der Waals surface area contributed by atoms with E-state index in [2.05, 4.69) is 5.32 Å². The average molecular weight is 621 g/mol. The van der Waals surface area contributed by atoms with Crippen LogP contribution < -0.4 is 14.4 Å². The summed E-state index contributed by atoms with van der Waals surface area (Å²) in [6, 6.07) is 18.1. The summed E-state index contributed by atoms with van der Waals surface area (Å²) in [6.45, 7) is 7.26. The van der Waals surface area contributed by atoms with Crippen LogP contribution in [0.15, 0.2) is 77.7 Å². The monoisotopic (exact) mass is 619 g/mol. The molecule has 0 aromatic heterocycles. The Morgan fingerprint density at radius 3 is 1.98 bits per heavy atom. The maximum Gasteiger partial charge on any atom is 0.264 e. The lowest BCUT2D eigenvalue weighted by molar-refractivity contribution is -0.139. The van der Waals surface area contributed by atoms with Gasteiger partial charge in [-0.2, -0.15) is 0 Å².